The van der Waals surface area contributed by atoms with Crippen molar-refractivity contribution in [1.82, 2.24) is 19.9 Å². The Hall–Kier alpha value is -3.62. The number of methoxy groups -OCH3 is 1. The monoisotopic (exact) mass is 571 g/mol. The molecule has 1 saturated heterocycles. The predicted octanol–water partition coefficient (Wildman–Crippen LogP) is 2.28. The minimum absolute atomic E-state index is 0.102. The molecule has 1 aliphatic heterocycles. The first-order valence-electron chi connectivity index (χ1n) is 12.6. The Morgan fingerprint density at radius 1 is 1.28 bits per heavy atom. The molecule has 3 heterocycles. The van der Waals surface area contributed by atoms with Crippen molar-refractivity contribution in [2.75, 3.05) is 61.7 Å². The Kier molecular flexibility index (Phi) is 7.27. The Balaban J connectivity index is 1.37. The van der Waals surface area contributed by atoms with Crippen molar-refractivity contribution in [3.8, 4) is 11.8 Å². The molecule has 1 aliphatic carbocycles. The number of aromatic amines is 1. The molecule has 3 aromatic rings. The van der Waals surface area contributed by atoms with Gasteiger partial charge in [0.05, 0.1) is 29.5 Å². The van der Waals surface area contributed by atoms with E-state index in [1.54, 1.807) is 18.2 Å². The molecule has 12 nitrogen and oxygen atoms in total. The highest BCUT2D eigenvalue weighted by molar-refractivity contribution is 7.90. The molecule has 2 fully saturated rings. The second-order valence-corrected chi connectivity index (χ2v) is 15.4. The number of nitriles is 1. The summed E-state index contributed by atoms with van der Waals surface area (Å²) in [7, 11) is -4.37. The number of nitrogens with one attached hydrogen (secondary N) is 3. The number of benzene rings is 1. The summed E-state index contributed by atoms with van der Waals surface area (Å²) in [5.74, 6) is 1.21. The zero-order chi connectivity index (χ0) is 27.8. The molecule has 39 heavy (non-hydrogen) atoms. The van der Waals surface area contributed by atoms with Gasteiger partial charge in [-0.1, -0.05) is 0 Å². The molecule has 1 amide bonds. The highest BCUT2D eigenvalue weighted by Gasteiger charge is 2.38. The third-order valence-electron chi connectivity index (χ3n) is 7.02. The van der Waals surface area contributed by atoms with Crippen LogP contribution in [0.15, 0.2) is 24.4 Å². The number of aromatic nitrogens is 3. The minimum atomic E-state index is -3.20. The number of amides is 1. The number of fused-ring (bicyclic) bond motifs is 1. The van der Waals surface area contributed by atoms with E-state index in [0.717, 1.165) is 19.1 Å². The summed E-state index contributed by atoms with van der Waals surface area (Å²) in [6.07, 6.45) is 5.46. The fourth-order valence-electron chi connectivity index (χ4n) is 4.67. The molecule has 0 spiro atoms. The molecule has 5 rings (SSSR count). The van der Waals surface area contributed by atoms with Crippen LogP contribution in [-0.4, -0.2) is 85.3 Å². The lowest BCUT2D eigenvalue weighted by atomic mass is 10.2. The summed E-state index contributed by atoms with van der Waals surface area (Å²) >= 11 is 0. The Bertz CT molecular complexity index is 1620. The lowest BCUT2D eigenvalue weighted by molar-refractivity contribution is -0.132. The second-order valence-electron chi connectivity index (χ2n) is 9.94. The Morgan fingerprint density at radius 3 is 2.67 bits per heavy atom. The Morgan fingerprint density at radius 2 is 2.03 bits per heavy atom. The molecule has 3 N–H and O–H groups in total. The van der Waals surface area contributed by atoms with Crippen molar-refractivity contribution in [3.05, 3.63) is 30.0 Å². The van der Waals surface area contributed by atoms with Crippen molar-refractivity contribution >= 4 is 56.7 Å². The summed E-state index contributed by atoms with van der Waals surface area (Å²) in [6.45, 7) is 1.11. The molecular weight excluding hydrogens is 541 g/mol. The van der Waals surface area contributed by atoms with Crippen LogP contribution in [0.2, 0.25) is 0 Å². The van der Waals surface area contributed by atoms with Gasteiger partial charge in [0.1, 0.15) is 40.3 Å². The van der Waals surface area contributed by atoms with Crippen molar-refractivity contribution in [2.45, 2.75) is 12.8 Å². The highest BCUT2D eigenvalue weighted by Crippen LogP contribution is 2.48. The fourth-order valence-corrected chi connectivity index (χ4v) is 7.71. The van der Waals surface area contributed by atoms with Gasteiger partial charge in [0.2, 0.25) is 11.9 Å². The van der Waals surface area contributed by atoms with Gasteiger partial charge in [-0.15, -0.1) is 0 Å². The molecule has 0 radical (unpaired) electrons. The number of sulfone groups is 1. The van der Waals surface area contributed by atoms with Gasteiger partial charge in [-0.2, -0.15) is 15.2 Å². The van der Waals surface area contributed by atoms with E-state index >= 15 is 0 Å². The van der Waals surface area contributed by atoms with Crippen molar-refractivity contribution in [2.24, 2.45) is 5.92 Å². The normalized spacial score (nSPS) is 17.0. The number of rotatable bonds is 9. The quantitative estimate of drug-likeness (QED) is 0.324. The average molecular weight is 572 g/mol. The predicted molar refractivity (Wildman–Crippen MR) is 149 cm³/mol. The standard InChI is InChI=1S/C25H30N7O5PS/c1-37-20-13-18(38(34)10-8-32(9-11-38)24(33)16-3-4-16)5-6-19(20)29-25-30-22(27-7-12-39(2,35)36)21-17(14-26)15-28-23(21)31-25/h5-6,13,15-16H,3-4,7-12H2,1-2H3,(H3,27,28,29,30,31). The van der Waals surface area contributed by atoms with Gasteiger partial charge in [-0.3, -0.25) is 4.79 Å². The van der Waals surface area contributed by atoms with Crippen molar-refractivity contribution in [1.29, 1.82) is 5.26 Å². The van der Waals surface area contributed by atoms with Crippen LogP contribution in [0, 0.1) is 17.2 Å². The number of anilines is 3. The van der Waals surface area contributed by atoms with Gasteiger partial charge in [-0.25, -0.2) is 8.42 Å². The smallest absolute Gasteiger partial charge is 0.231 e. The SMILES string of the molecule is COc1cc(P2(=O)CCN(C(=O)C3CC3)CC2)ccc1Nc1nc(NCCS(C)(=O)=O)c2c(C#N)c[nH]c2n1. The largest absolute Gasteiger partial charge is 0.495 e. The first-order chi connectivity index (χ1) is 18.6. The first kappa shape index (κ1) is 27.0. The van der Waals surface area contributed by atoms with Crippen molar-refractivity contribution in [3.63, 3.8) is 0 Å². The lowest BCUT2D eigenvalue weighted by Gasteiger charge is -2.32. The average Bonchev–Trinajstić information content (AvgIpc) is 3.67. The van der Waals surface area contributed by atoms with Crippen LogP contribution in [0.5, 0.6) is 5.75 Å². The summed E-state index contributed by atoms with van der Waals surface area (Å²) in [5.41, 5.74) is 1.28. The summed E-state index contributed by atoms with van der Waals surface area (Å²) in [5, 5.41) is 16.8. The minimum Gasteiger partial charge on any atom is -0.495 e. The lowest BCUT2D eigenvalue weighted by Crippen LogP contribution is -2.41. The number of hydrogen-bond acceptors (Lipinski definition) is 10. The van der Waals surface area contributed by atoms with Crippen LogP contribution in [-0.2, 0) is 19.2 Å². The third-order valence-corrected chi connectivity index (χ3v) is 11.0. The maximum atomic E-state index is 13.8. The van der Waals surface area contributed by atoms with E-state index in [-0.39, 0.29) is 30.1 Å². The van der Waals surface area contributed by atoms with Crippen LogP contribution < -0.4 is 20.7 Å². The zero-order valence-corrected chi connectivity index (χ0v) is 23.4. The number of carbonyl (C=O) groups is 1. The molecule has 2 aliphatic rings. The van der Waals surface area contributed by atoms with Gasteiger partial charge in [0.25, 0.3) is 0 Å². The van der Waals surface area contributed by atoms with E-state index in [2.05, 4.69) is 31.7 Å². The van der Waals surface area contributed by atoms with E-state index < -0.39 is 17.0 Å². The number of hydrogen-bond donors (Lipinski definition) is 3. The molecule has 0 bridgehead atoms. The maximum absolute atomic E-state index is 13.8. The molecule has 1 saturated carbocycles. The molecule has 14 heteroatoms. The molecule has 2 aromatic heterocycles. The fraction of sp³-hybridized carbons (Fsp3) is 0.440. The van der Waals surface area contributed by atoms with Crippen LogP contribution in [0.1, 0.15) is 18.4 Å². The number of carbonyl (C=O) groups excluding carboxylic acids is 1. The first-order valence-corrected chi connectivity index (χ1v) is 16.8. The molecule has 0 unspecified atom stereocenters. The van der Waals surface area contributed by atoms with E-state index in [1.165, 1.54) is 13.3 Å². The van der Waals surface area contributed by atoms with E-state index in [1.807, 2.05) is 4.90 Å². The molecule has 1 aromatic carbocycles. The van der Waals surface area contributed by atoms with Gasteiger partial charge < -0.3 is 29.8 Å². The highest BCUT2D eigenvalue weighted by atomic mass is 32.2. The van der Waals surface area contributed by atoms with Crippen LogP contribution in [0.3, 0.4) is 0 Å². The molecule has 0 atom stereocenters. The van der Waals surface area contributed by atoms with E-state index in [4.69, 9.17) is 4.74 Å². The maximum Gasteiger partial charge on any atom is 0.231 e. The molecule has 206 valence electrons. The van der Waals surface area contributed by atoms with E-state index in [9.17, 15) is 23.0 Å². The van der Waals surface area contributed by atoms with Crippen LogP contribution >= 0.6 is 7.14 Å². The summed E-state index contributed by atoms with van der Waals surface area (Å²) < 4.78 is 42.6. The van der Waals surface area contributed by atoms with Gasteiger partial charge >= 0.3 is 0 Å². The van der Waals surface area contributed by atoms with Gasteiger partial charge in [0.15, 0.2) is 0 Å². The summed E-state index contributed by atoms with van der Waals surface area (Å²) in [4.78, 5) is 26.2. The van der Waals surface area contributed by atoms with Crippen molar-refractivity contribution < 1.29 is 22.5 Å². The zero-order valence-electron chi connectivity index (χ0n) is 21.7. The number of H-pyrrole nitrogens is 1. The van der Waals surface area contributed by atoms with Gasteiger partial charge in [0, 0.05) is 55.6 Å². The van der Waals surface area contributed by atoms with Crippen LogP contribution in [0.25, 0.3) is 11.0 Å². The van der Waals surface area contributed by atoms with Crippen LogP contribution in [0.4, 0.5) is 17.5 Å². The Labute approximate surface area is 226 Å². The second kappa shape index (κ2) is 10.5. The third kappa shape index (κ3) is 5.87. The van der Waals surface area contributed by atoms with E-state index in [0.29, 0.717) is 64.6 Å². The van der Waals surface area contributed by atoms with Gasteiger partial charge in [-0.05, 0) is 31.0 Å². The number of nitrogens with zero attached hydrogens (tertiary/aromatic N) is 4. The topological polar surface area (TPSA) is 170 Å². The number of ether oxygens (including phenoxy) is 1. The summed E-state index contributed by atoms with van der Waals surface area (Å²) in [6, 6.07) is 7.40. The molecular formula is C25H30N7O5PS.